The molecule has 0 spiro atoms. The maximum absolute atomic E-state index is 12.5. The van der Waals surface area contributed by atoms with Gasteiger partial charge in [-0.15, -0.1) is 0 Å². The second-order valence-electron chi connectivity index (χ2n) is 5.54. The van der Waals surface area contributed by atoms with Crippen LogP contribution in [-0.2, 0) is 11.0 Å². The van der Waals surface area contributed by atoms with Crippen LogP contribution in [0.4, 0.5) is 13.2 Å². The molecule has 3 nitrogen and oxygen atoms in total. The van der Waals surface area contributed by atoms with Gasteiger partial charge < -0.3 is 10.4 Å². The number of nitrogens with one attached hydrogen (secondary N) is 1. The maximum Gasteiger partial charge on any atom is 0.416 e. The van der Waals surface area contributed by atoms with Crippen molar-refractivity contribution < 1.29 is 23.1 Å². The Balaban J connectivity index is 1.94. The minimum Gasteiger partial charge on any atom is -0.388 e. The first-order valence-corrected chi connectivity index (χ1v) is 7.47. The van der Waals surface area contributed by atoms with Crippen molar-refractivity contribution in [2.24, 2.45) is 0 Å². The molecule has 0 bridgehead atoms. The van der Waals surface area contributed by atoms with Crippen molar-refractivity contribution in [1.82, 2.24) is 5.32 Å². The van der Waals surface area contributed by atoms with Crippen molar-refractivity contribution >= 4 is 5.91 Å². The zero-order chi connectivity index (χ0) is 17.7. The lowest BCUT2D eigenvalue weighted by Gasteiger charge is -2.17. The number of carbonyl (C=O) groups excluding carboxylic acids is 1. The first kappa shape index (κ1) is 18.0. The Morgan fingerprint density at radius 1 is 1.04 bits per heavy atom. The van der Waals surface area contributed by atoms with E-state index in [1.165, 1.54) is 12.1 Å². The number of hydrogen-bond donors (Lipinski definition) is 2. The highest BCUT2D eigenvalue weighted by atomic mass is 19.4. The molecule has 0 aliphatic rings. The largest absolute Gasteiger partial charge is 0.416 e. The second-order valence-corrected chi connectivity index (χ2v) is 5.54. The maximum atomic E-state index is 12.5. The molecule has 2 aromatic carbocycles. The first-order chi connectivity index (χ1) is 11.3. The molecule has 2 rings (SSSR count). The molecule has 2 unspecified atom stereocenters. The molecule has 0 aromatic heterocycles. The highest BCUT2D eigenvalue weighted by Crippen LogP contribution is 2.30. The van der Waals surface area contributed by atoms with Crippen LogP contribution >= 0.6 is 0 Å². The molecule has 0 aliphatic carbocycles. The predicted octanol–water partition coefficient (Wildman–Crippen LogP) is 4.01. The molecule has 0 fully saturated rings. The summed E-state index contributed by atoms with van der Waals surface area (Å²) < 4.78 is 37.6. The van der Waals surface area contributed by atoms with E-state index in [1.807, 2.05) is 6.07 Å². The minimum atomic E-state index is -4.38. The third kappa shape index (κ3) is 4.83. The Morgan fingerprint density at radius 2 is 1.62 bits per heavy atom. The molecule has 0 aliphatic heterocycles. The van der Waals surface area contributed by atoms with E-state index in [0.717, 1.165) is 12.1 Å². The molecule has 6 heteroatoms. The van der Waals surface area contributed by atoms with E-state index in [4.69, 9.17) is 0 Å². The third-order valence-corrected chi connectivity index (χ3v) is 3.68. The normalized spacial score (nSPS) is 14.0. The number of benzene rings is 2. The van der Waals surface area contributed by atoms with Crippen molar-refractivity contribution in [3.8, 4) is 0 Å². The smallest absolute Gasteiger partial charge is 0.388 e. The van der Waals surface area contributed by atoms with Gasteiger partial charge in [-0.05, 0) is 30.2 Å². The van der Waals surface area contributed by atoms with Crippen LogP contribution in [0.2, 0.25) is 0 Å². The van der Waals surface area contributed by atoms with Gasteiger partial charge in [0.15, 0.2) is 0 Å². The van der Waals surface area contributed by atoms with Crippen LogP contribution in [0.5, 0.6) is 0 Å². The monoisotopic (exact) mass is 337 g/mol. The van der Waals surface area contributed by atoms with Gasteiger partial charge in [-0.1, -0.05) is 42.5 Å². The average Bonchev–Trinajstić information content (AvgIpc) is 2.54. The number of hydrogen-bond acceptors (Lipinski definition) is 2. The molecule has 0 radical (unpaired) electrons. The molecule has 128 valence electrons. The highest BCUT2D eigenvalue weighted by Gasteiger charge is 2.30. The summed E-state index contributed by atoms with van der Waals surface area (Å²) in [6.45, 7) is 1.68. The van der Waals surface area contributed by atoms with Gasteiger partial charge in [0.25, 0.3) is 0 Å². The van der Waals surface area contributed by atoms with E-state index in [9.17, 15) is 23.1 Å². The van der Waals surface area contributed by atoms with Crippen LogP contribution in [0.25, 0.3) is 0 Å². The Kier molecular flexibility index (Phi) is 5.62. The summed E-state index contributed by atoms with van der Waals surface area (Å²) in [5.74, 6) is -0.376. The van der Waals surface area contributed by atoms with E-state index in [0.29, 0.717) is 11.1 Å². The Hall–Kier alpha value is -2.34. The molecule has 1 amide bonds. The summed E-state index contributed by atoms with van der Waals surface area (Å²) in [5, 5.41) is 12.7. The zero-order valence-corrected chi connectivity index (χ0v) is 13.0. The van der Waals surface area contributed by atoms with E-state index >= 15 is 0 Å². The fourth-order valence-electron chi connectivity index (χ4n) is 2.31. The lowest BCUT2D eigenvalue weighted by molar-refractivity contribution is -0.137. The summed E-state index contributed by atoms with van der Waals surface area (Å²) in [7, 11) is 0. The summed E-state index contributed by atoms with van der Waals surface area (Å²) in [4.78, 5) is 12.0. The molecule has 2 atom stereocenters. The summed E-state index contributed by atoms with van der Waals surface area (Å²) >= 11 is 0. The average molecular weight is 337 g/mol. The van der Waals surface area contributed by atoms with E-state index in [2.05, 4.69) is 5.32 Å². The van der Waals surface area contributed by atoms with Gasteiger partial charge in [0.2, 0.25) is 5.91 Å². The van der Waals surface area contributed by atoms with Crippen LogP contribution in [0.3, 0.4) is 0 Å². The van der Waals surface area contributed by atoms with Crippen molar-refractivity contribution in [3.05, 3.63) is 71.3 Å². The fraction of sp³-hybridized carbons (Fsp3) is 0.278. The SMILES string of the molecule is CC(NC(=O)CC(O)c1ccccc1)c1ccc(C(F)(F)F)cc1. The third-order valence-electron chi connectivity index (χ3n) is 3.68. The molecule has 2 aromatic rings. The molecular weight excluding hydrogens is 319 g/mol. The van der Waals surface area contributed by atoms with Gasteiger partial charge in [-0.2, -0.15) is 13.2 Å². The van der Waals surface area contributed by atoms with Crippen molar-refractivity contribution in [2.75, 3.05) is 0 Å². The molecule has 2 N–H and O–H groups in total. The van der Waals surface area contributed by atoms with Gasteiger partial charge in [0, 0.05) is 0 Å². The van der Waals surface area contributed by atoms with Crippen LogP contribution in [0.1, 0.15) is 42.2 Å². The van der Waals surface area contributed by atoms with E-state index in [1.54, 1.807) is 31.2 Å². The molecule has 0 heterocycles. The predicted molar refractivity (Wildman–Crippen MR) is 84.0 cm³/mol. The fourth-order valence-corrected chi connectivity index (χ4v) is 2.31. The van der Waals surface area contributed by atoms with Gasteiger partial charge in [-0.25, -0.2) is 0 Å². The highest BCUT2D eigenvalue weighted by molar-refractivity contribution is 5.77. The number of carbonyl (C=O) groups is 1. The summed E-state index contributed by atoms with van der Waals surface area (Å²) in [6.07, 6.45) is -5.43. The van der Waals surface area contributed by atoms with E-state index < -0.39 is 23.9 Å². The molecular formula is C18H18F3NO2. The topological polar surface area (TPSA) is 49.3 Å². The van der Waals surface area contributed by atoms with E-state index in [-0.39, 0.29) is 12.3 Å². The number of amides is 1. The van der Waals surface area contributed by atoms with Crippen LogP contribution in [0, 0.1) is 0 Å². The lowest BCUT2D eigenvalue weighted by Crippen LogP contribution is -2.28. The number of aliphatic hydroxyl groups excluding tert-OH is 1. The minimum absolute atomic E-state index is 0.116. The lowest BCUT2D eigenvalue weighted by atomic mass is 10.0. The van der Waals surface area contributed by atoms with Gasteiger partial charge in [0.05, 0.1) is 24.1 Å². The second kappa shape index (κ2) is 7.49. The van der Waals surface area contributed by atoms with Crippen LogP contribution in [-0.4, -0.2) is 11.0 Å². The van der Waals surface area contributed by atoms with Gasteiger partial charge >= 0.3 is 6.18 Å². The van der Waals surface area contributed by atoms with Crippen molar-refractivity contribution in [2.45, 2.75) is 31.7 Å². The van der Waals surface area contributed by atoms with Gasteiger partial charge in [-0.3, -0.25) is 4.79 Å². The molecule has 24 heavy (non-hydrogen) atoms. The number of rotatable bonds is 5. The number of halogens is 3. The summed E-state index contributed by atoms with van der Waals surface area (Å²) in [6, 6.07) is 13.0. The van der Waals surface area contributed by atoms with Crippen molar-refractivity contribution in [3.63, 3.8) is 0 Å². The Labute approximate surface area is 138 Å². The summed E-state index contributed by atoms with van der Waals surface area (Å²) in [5.41, 5.74) is 0.463. The number of alkyl halides is 3. The number of aliphatic hydroxyl groups is 1. The first-order valence-electron chi connectivity index (χ1n) is 7.47. The van der Waals surface area contributed by atoms with Crippen molar-refractivity contribution in [1.29, 1.82) is 0 Å². The molecule has 0 saturated carbocycles. The Morgan fingerprint density at radius 3 is 2.17 bits per heavy atom. The quantitative estimate of drug-likeness (QED) is 0.866. The molecule has 0 saturated heterocycles. The standard InChI is InChI=1S/C18H18F3NO2/c1-12(13-7-9-15(10-8-13)18(19,20)21)22-17(24)11-16(23)14-5-3-2-4-6-14/h2-10,12,16,23H,11H2,1H3,(H,22,24). The van der Waals surface area contributed by atoms with Crippen LogP contribution < -0.4 is 5.32 Å². The van der Waals surface area contributed by atoms with Crippen LogP contribution in [0.15, 0.2) is 54.6 Å². The Bertz CT molecular complexity index is 669. The zero-order valence-electron chi connectivity index (χ0n) is 13.0. The van der Waals surface area contributed by atoms with Gasteiger partial charge in [0.1, 0.15) is 0 Å².